The first-order valence-corrected chi connectivity index (χ1v) is 8.37. The Morgan fingerprint density at radius 1 is 1.25 bits per heavy atom. The van der Waals surface area contributed by atoms with E-state index in [4.69, 9.17) is 4.74 Å². The van der Waals surface area contributed by atoms with Crippen LogP contribution in [0.3, 0.4) is 0 Å². The Hall–Kier alpha value is -0.410. The maximum atomic E-state index is 11.7. The second kappa shape index (κ2) is 5.42. The average molecular weight is 279 g/mol. The Labute approximate surface area is 123 Å². The summed E-state index contributed by atoms with van der Waals surface area (Å²) in [5.74, 6) is 0.747. The van der Waals surface area contributed by atoms with E-state index in [0.717, 1.165) is 19.4 Å². The molecule has 2 atom stereocenters. The van der Waals surface area contributed by atoms with Gasteiger partial charge in [0.15, 0.2) is 0 Å². The third-order valence-electron chi connectivity index (χ3n) is 5.66. The summed E-state index contributed by atoms with van der Waals surface area (Å²) in [6.07, 6.45) is 7.80. The van der Waals surface area contributed by atoms with E-state index >= 15 is 0 Å². The van der Waals surface area contributed by atoms with Crippen molar-refractivity contribution in [2.24, 2.45) is 11.3 Å². The first-order chi connectivity index (χ1) is 9.49. The number of hydrogen-bond donors (Lipinski definition) is 0. The van der Waals surface area contributed by atoms with E-state index in [9.17, 15) is 4.79 Å². The van der Waals surface area contributed by atoms with Crippen molar-refractivity contribution >= 4 is 5.78 Å². The normalized spacial score (nSPS) is 35.5. The van der Waals surface area contributed by atoms with Crippen LogP contribution in [0.1, 0.15) is 59.3 Å². The van der Waals surface area contributed by atoms with E-state index in [1.165, 1.54) is 32.2 Å². The summed E-state index contributed by atoms with van der Waals surface area (Å²) in [6.45, 7) is 8.16. The second-order valence-electron chi connectivity index (χ2n) is 7.70. The van der Waals surface area contributed by atoms with Crippen LogP contribution in [0.25, 0.3) is 0 Å². The van der Waals surface area contributed by atoms with Crippen molar-refractivity contribution in [2.45, 2.75) is 77.5 Å². The van der Waals surface area contributed by atoms with Crippen molar-refractivity contribution in [3.8, 4) is 0 Å². The first kappa shape index (κ1) is 14.5. The molecule has 3 heteroatoms. The third kappa shape index (κ3) is 2.94. The number of ketones is 1. The molecule has 0 aromatic heterocycles. The lowest BCUT2D eigenvalue weighted by Crippen LogP contribution is -2.47. The van der Waals surface area contributed by atoms with Crippen molar-refractivity contribution in [2.75, 3.05) is 13.2 Å². The van der Waals surface area contributed by atoms with Gasteiger partial charge in [0.1, 0.15) is 5.78 Å². The monoisotopic (exact) mass is 279 g/mol. The van der Waals surface area contributed by atoms with Crippen molar-refractivity contribution in [3.05, 3.63) is 0 Å². The van der Waals surface area contributed by atoms with E-state index < -0.39 is 0 Å². The zero-order chi connectivity index (χ0) is 14.3. The molecule has 2 aliphatic heterocycles. The zero-order valence-corrected chi connectivity index (χ0v) is 13.2. The minimum Gasteiger partial charge on any atom is -0.378 e. The highest BCUT2D eigenvalue weighted by Gasteiger charge is 2.50. The Morgan fingerprint density at radius 3 is 2.30 bits per heavy atom. The highest BCUT2D eigenvalue weighted by Crippen LogP contribution is 2.50. The maximum Gasteiger partial charge on any atom is 0.133 e. The minimum atomic E-state index is 0.339. The quantitative estimate of drug-likeness (QED) is 0.748. The molecule has 0 spiro atoms. The van der Waals surface area contributed by atoms with Gasteiger partial charge in [-0.15, -0.1) is 0 Å². The summed E-state index contributed by atoms with van der Waals surface area (Å²) in [4.78, 5) is 14.4. The molecule has 3 fully saturated rings. The summed E-state index contributed by atoms with van der Waals surface area (Å²) >= 11 is 0. The number of hydrogen-bond acceptors (Lipinski definition) is 3. The Balaban J connectivity index is 1.58. The molecule has 0 amide bonds. The van der Waals surface area contributed by atoms with Gasteiger partial charge >= 0.3 is 0 Å². The predicted molar refractivity (Wildman–Crippen MR) is 79.7 cm³/mol. The van der Waals surface area contributed by atoms with E-state index in [1.807, 2.05) is 0 Å². The number of nitrogens with zero attached hydrogens (tertiary/aromatic N) is 1. The van der Waals surface area contributed by atoms with Gasteiger partial charge in [-0.1, -0.05) is 0 Å². The summed E-state index contributed by atoms with van der Waals surface area (Å²) in [5, 5.41) is 0. The topological polar surface area (TPSA) is 29.5 Å². The molecule has 0 aromatic rings. The number of carbonyl (C=O) groups excluding carboxylic acids is 1. The maximum absolute atomic E-state index is 11.7. The Kier molecular flexibility index (Phi) is 3.93. The lowest BCUT2D eigenvalue weighted by atomic mass is 9.87. The summed E-state index contributed by atoms with van der Waals surface area (Å²) in [6, 6.07) is 1.33. The molecule has 2 unspecified atom stereocenters. The first-order valence-electron chi connectivity index (χ1n) is 8.37. The summed E-state index contributed by atoms with van der Waals surface area (Å²) < 4.78 is 5.88. The molecule has 1 saturated carbocycles. The van der Waals surface area contributed by atoms with Crippen LogP contribution < -0.4 is 0 Å². The van der Waals surface area contributed by atoms with Crippen LogP contribution in [0.15, 0.2) is 0 Å². The Morgan fingerprint density at radius 2 is 1.85 bits per heavy atom. The van der Waals surface area contributed by atoms with Crippen LogP contribution in [0.4, 0.5) is 0 Å². The third-order valence-corrected chi connectivity index (χ3v) is 5.66. The molecule has 2 heterocycles. The van der Waals surface area contributed by atoms with Gasteiger partial charge in [0, 0.05) is 30.0 Å². The van der Waals surface area contributed by atoms with Gasteiger partial charge in [-0.2, -0.15) is 0 Å². The van der Waals surface area contributed by atoms with E-state index in [-0.39, 0.29) is 0 Å². The fourth-order valence-corrected chi connectivity index (χ4v) is 4.12. The average Bonchev–Trinajstić information content (AvgIpc) is 3.11. The molecule has 0 aromatic carbocycles. The van der Waals surface area contributed by atoms with Crippen LogP contribution in [0, 0.1) is 11.3 Å². The molecule has 0 N–H and O–H groups in total. The molecule has 3 rings (SSSR count). The molecule has 3 aliphatic rings. The number of ether oxygens (including phenoxy) is 1. The van der Waals surface area contributed by atoms with Crippen LogP contribution in [0.2, 0.25) is 0 Å². The van der Waals surface area contributed by atoms with Crippen molar-refractivity contribution < 1.29 is 9.53 Å². The van der Waals surface area contributed by atoms with E-state index in [2.05, 4.69) is 18.7 Å². The lowest BCUT2D eigenvalue weighted by molar-refractivity contribution is -0.123. The molecule has 20 heavy (non-hydrogen) atoms. The minimum absolute atomic E-state index is 0.339. The number of fused-ring (bicyclic) bond motifs is 2. The Bertz CT molecular complexity index is 361. The molecular formula is C17H29NO2. The lowest BCUT2D eigenvalue weighted by Gasteiger charge is -2.40. The predicted octanol–water partition coefficient (Wildman–Crippen LogP) is 3.02. The molecule has 114 valence electrons. The van der Waals surface area contributed by atoms with Crippen LogP contribution in [-0.2, 0) is 9.53 Å². The fourth-order valence-electron chi connectivity index (χ4n) is 4.12. The van der Waals surface area contributed by atoms with Gasteiger partial charge in [0.2, 0.25) is 0 Å². The van der Waals surface area contributed by atoms with E-state index in [0.29, 0.717) is 35.3 Å². The number of piperidine rings is 1. The largest absolute Gasteiger partial charge is 0.378 e. The van der Waals surface area contributed by atoms with Crippen LogP contribution in [-0.4, -0.2) is 42.0 Å². The van der Waals surface area contributed by atoms with Crippen molar-refractivity contribution in [1.82, 2.24) is 4.90 Å². The van der Waals surface area contributed by atoms with Gasteiger partial charge in [0.25, 0.3) is 0 Å². The van der Waals surface area contributed by atoms with Crippen molar-refractivity contribution in [1.29, 1.82) is 0 Å². The van der Waals surface area contributed by atoms with Gasteiger partial charge in [-0.05, 0) is 59.3 Å². The van der Waals surface area contributed by atoms with Gasteiger partial charge in [-0.3, -0.25) is 9.69 Å². The summed E-state index contributed by atoms with van der Waals surface area (Å²) in [7, 11) is 0. The highest BCUT2D eigenvalue weighted by atomic mass is 16.5. The summed E-state index contributed by atoms with van der Waals surface area (Å²) in [5.41, 5.74) is 0.439. The molecule has 2 bridgehead atoms. The number of rotatable bonds is 6. The van der Waals surface area contributed by atoms with Gasteiger partial charge in [0.05, 0.1) is 12.7 Å². The second-order valence-corrected chi connectivity index (χ2v) is 7.70. The van der Waals surface area contributed by atoms with Gasteiger partial charge < -0.3 is 4.74 Å². The smallest absolute Gasteiger partial charge is 0.133 e. The number of carbonyl (C=O) groups is 1. The molecule has 0 radical (unpaired) electrons. The van der Waals surface area contributed by atoms with Gasteiger partial charge in [-0.25, -0.2) is 0 Å². The standard InChI is InChI=1S/C17H29NO2/c1-12(2)20-11-17(6-7-17)10-18-15-4-5-16(18)9-14(8-15)13(3)19/h12,14-16H,4-11H2,1-3H3. The SMILES string of the molecule is CC(=O)C1CC2CCC(C1)N2CC1(COC(C)C)CC1. The molecular weight excluding hydrogens is 250 g/mol. The van der Waals surface area contributed by atoms with E-state index in [1.54, 1.807) is 6.92 Å². The highest BCUT2D eigenvalue weighted by molar-refractivity contribution is 5.78. The van der Waals surface area contributed by atoms with Crippen LogP contribution >= 0.6 is 0 Å². The molecule has 1 aliphatic carbocycles. The molecule has 3 nitrogen and oxygen atoms in total. The zero-order valence-electron chi connectivity index (χ0n) is 13.2. The molecule has 2 saturated heterocycles. The van der Waals surface area contributed by atoms with Crippen molar-refractivity contribution in [3.63, 3.8) is 0 Å². The van der Waals surface area contributed by atoms with Crippen LogP contribution in [0.5, 0.6) is 0 Å². The number of Topliss-reactive ketones (excluding diaryl/α,β-unsaturated/α-hetero) is 1. The fraction of sp³-hybridized carbons (Fsp3) is 0.941.